The molecule has 1 aliphatic heterocycles. The highest BCUT2D eigenvalue weighted by Gasteiger charge is 2.24. The van der Waals surface area contributed by atoms with Gasteiger partial charge in [-0.1, -0.05) is 35.4 Å². The Labute approximate surface area is 237 Å². The molecule has 1 aliphatic rings. The van der Waals surface area contributed by atoms with Crippen molar-refractivity contribution in [2.24, 2.45) is 0 Å². The first-order chi connectivity index (χ1) is 18.0. The summed E-state index contributed by atoms with van der Waals surface area (Å²) in [6.07, 6.45) is 1.60. The van der Waals surface area contributed by atoms with E-state index >= 15 is 0 Å². The molecule has 1 unspecified atom stereocenters. The van der Waals surface area contributed by atoms with Gasteiger partial charge in [-0.3, -0.25) is 4.79 Å². The number of nitrogens with zero attached hydrogens (tertiary/aromatic N) is 1. The summed E-state index contributed by atoms with van der Waals surface area (Å²) in [7, 11) is -2.16. The van der Waals surface area contributed by atoms with Gasteiger partial charge in [0, 0.05) is 41.8 Å². The average molecular weight is 622 g/mol. The van der Waals surface area contributed by atoms with Crippen molar-refractivity contribution in [3.05, 3.63) is 86.3 Å². The van der Waals surface area contributed by atoms with Gasteiger partial charge in [-0.15, -0.1) is 0 Å². The van der Waals surface area contributed by atoms with Gasteiger partial charge in [0.2, 0.25) is 10.0 Å². The second kappa shape index (κ2) is 12.2. The third-order valence-electron chi connectivity index (χ3n) is 6.34. The molecule has 202 valence electrons. The smallest absolute Gasteiger partial charge is 0.255 e. The molecule has 1 saturated heterocycles. The third kappa shape index (κ3) is 6.95. The Balaban J connectivity index is 1.53. The minimum Gasteiger partial charge on any atom is -0.457 e. The minimum atomic E-state index is -3.81. The number of aryl methyl sites for hydroxylation is 2. The molecule has 1 amide bonds. The second-order valence-electron chi connectivity index (χ2n) is 9.41. The molecule has 0 saturated carbocycles. The van der Waals surface area contributed by atoms with Crippen molar-refractivity contribution in [2.45, 2.75) is 44.2 Å². The number of nitrogens with one attached hydrogen (secondary N) is 1. The molecule has 0 spiro atoms. The maximum absolute atomic E-state index is 13.4. The molecule has 10 heteroatoms. The number of hydrogen-bond donors (Lipinski definition) is 1. The van der Waals surface area contributed by atoms with Gasteiger partial charge in [0.05, 0.1) is 16.6 Å². The SMILES string of the molecule is Cc1ccc(Oc2cc(Cl)ccc2CN(C)C(=O)c2cc(S(=O)(=O)NCC3CCCO3)ccc2Br)c(C)c1. The van der Waals surface area contributed by atoms with E-state index in [4.69, 9.17) is 21.1 Å². The molecule has 3 aromatic carbocycles. The van der Waals surface area contributed by atoms with Crippen LogP contribution in [-0.4, -0.2) is 45.5 Å². The monoisotopic (exact) mass is 620 g/mol. The lowest BCUT2D eigenvalue weighted by atomic mass is 10.1. The van der Waals surface area contributed by atoms with Gasteiger partial charge in [0.1, 0.15) is 11.5 Å². The number of amides is 1. The van der Waals surface area contributed by atoms with Crippen LogP contribution in [0.3, 0.4) is 0 Å². The van der Waals surface area contributed by atoms with E-state index in [1.165, 1.54) is 17.0 Å². The number of sulfonamides is 1. The molecule has 1 heterocycles. The van der Waals surface area contributed by atoms with Gasteiger partial charge in [0.15, 0.2) is 0 Å². The zero-order valence-corrected chi connectivity index (χ0v) is 24.6. The van der Waals surface area contributed by atoms with Gasteiger partial charge in [-0.05, 0) is 84.6 Å². The van der Waals surface area contributed by atoms with Gasteiger partial charge in [-0.25, -0.2) is 13.1 Å². The second-order valence-corrected chi connectivity index (χ2v) is 12.5. The summed E-state index contributed by atoms with van der Waals surface area (Å²) in [6, 6.07) is 15.6. The van der Waals surface area contributed by atoms with Crippen LogP contribution in [-0.2, 0) is 21.3 Å². The predicted molar refractivity (Wildman–Crippen MR) is 152 cm³/mol. The molecule has 7 nitrogen and oxygen atoms in total. The van der Waals surface area contributed by atoms with Crippen molar-refractivity contribution < 1.29 is 22.7 Å². The fraction of sp³-hybridized carbons (Fsp3) is 0.321. The molecule has 38 heavy (non-hydrogen) atoms. The van der Waals surface area contributed by atoms with E-state index in [0.717, 1.165) is 29.5 Å². The summed E-state index contributed by atoms with van der Waals surface area (Å²) in [6.45, 7) is 5.04. The molecule has 3 aromatic rings. The van der Waals surface area contributed by atoms with E-state index in [9.17, 15) is 13.2 Å². The summed E-state index contributed by atoms with van der Waals surface area (Å²) in [5.74, 6) is 0.891. The summed E-state index contributed by atoms with van der Waals surface area (Å²) in [4.78, 5) is 15.0. The molecule has 0 aliphatic carbocycles. The molecule has 1 N–H and O–H groups in total. The van der Waals surface area contributed by atoms with Crippen LogP contribution in [0.2, 0.25) is 5.02 Å². The van der Waals surface area contributed by atoms with Crippen molar-refractivity contribution in [3.8, 4) is 11.5 Å². The van der Waals surface area contributed by atoms with Crippen LogP contribution in [0.1, 0.15) is 39.9 Å². The third-order valence-corrected chi connectivity index (χ3v) is 8.69. The highest BCUT2D eigenvalue weighted by Crippen LogP contribution is 2.32. The van der Waals surface area contributed by atoms with Crippen molar-refractivity contribution in [1.29, 1.82) is 0 Å². The van der Waals surface area contributed by atoms with E-state index in [1.54, 1.807) is 25.2 Å². The Hall–Kier alpha value is -2.43. The first-order valence-corrected chi connectivity index (χ1v) is 14.9. The summed E-state index contributed by atoms with van der Waals surface area (Å²) < 4.78 is 40.6. The van der Waals surface area contributed by atoms with E-state index in [-0.39, 0.29) is 35.6 Å². The molecule has 0 bridgehead atoms. The molecular weight excluding hydrogens is 592 g/mol. The van der Waals surface area contributed by atoms with Crippen molar-refractivity contribution in [1.82, 2.24) is 9.62 Å². The largest absolute Gasteiger partial charge is 0.457 e. The maximum atomic E-state index is 13.4. The van der Waals surface area contributed by atoms with Gasteiger partial charge >= 0.3 is 0 Å². The zero-order chi connectivity index (χ0) is 27.4. The van der Waals surface area contributed by atoms with Crippen LogP contribution in [0.5, 0.6) is 11.5 Å². The van der Waals surface area contributed by atoms with Crippen molar-refractivity contribution in [2.75, 3.05) is 20.2 Å². The summed E-state index contributed by atoms with van der Waals surface area (Å²) >= 11 is 9.66. The van der Waals surface area contributed by atoms with Crippen LogP contribution >= 0.6 is 27.5 Å². The number of carbonyl (C=O) groups excluding carboxylic acids is 1. The van der Waals surface area contributed by atoms with Crippen LogP contribution in [0, 0.1) is 13.8 Å². The molecule has 1 fully saturated rings. The molecule has 0 radical (unpaired) electrons. The lowest BCUT2D eigenvalue weighted by Gasteiger charge is -2.21. The van der Waals surface area contributed by atoms with Gasteiger partial charge < -0.3 is 14.4 Å². The molecule has 0 aromatic heterocycles. The average Bonchev–Trinajstić information content (AvgIpc) is 3.40. The standard InChI is InChI=1S/C28H30BrClN2O5S/c1-18-6-11-26(19(2)13-18)37-27-14-21(30)8-7-20(27)17-32(3)28(33)24-15-23(9-10-25(24)29)38(34,35)31-16-22-5-4-12-36-22/h6-11,13-15,22,31H,4-5,12,16-17H2,1-3H3. The fourth-order valence-corrected chi connectivity index (χ4v) is 5.92. The van der Waals surface area contributed by atoms with E-state index in [2.05, 4.69) is 20.7 Å². The van der Waals surface area contributed by atoms with Gasteiger partial charge in [0.25, 0.3) is 5.91 Å². The quantitative estimate of drug-likeness (QED) is 0.306. The number of ether oxygens (including phenoxy) is 2. The van der Waals surface area contributed by atoms with E-state index in [0.29, 0.717) is 27.6 Å². The summed E-state index contributed by atoms with van der Waals surface area (Å²) in [5.41, 5.74) is 3.10. The zero-order valence-electron chi connectivity index (χ0n) is 21.5. The number of carbonyl (C=O) groups is 1. The van der Waals surface area contributed by atoms with Crippen molar-refractivity contribution in [3.63, 3.8) is 0 Å². The Morgan fingerprint density at radius 2 is 1.92 bits per heavy atom. The Morgan fingerprint density at radius 1 is 1.13 bits per heavy atom. The molecule has 1 atom stereocenters. The van der Waals surface area contributed by atoms with Crippen LogP contribution in [0.15, 0.2) is 64.0 Å². The predicted octanol–water partition coefficient (Wildman–Crippen LogP) is 6.24. The van der Waals surface area contributed by atoms with Crippen LogP contribution in [0.4, 0.5) is 0 Å². The van der Waals surface area contributed by atoms with Crippen LogP contribution in [0.25, 0.3) is 0 Å². The first kappa shape index (κ1) is 28.6. The lowest BCUT2D eigenvalue weighted by molar-refractivity contribution is 0.0783. The normalized spacial score (nSPS) is 15.4. The molecular formula is C28H30BrClN2O5S. The van der Waals surface area contributed by atoms with E-state index < -0.39 is 10.0 Å². The highest BCUT2D eigenvalue weighted by atomic mass is 79.9. The van der Waals surface area contributed by atoms with E-state index in [1.807, 2.05) is 38.1 Å². The lowest BCUT2D eigenvalue weighted by Crippen LogP contribution is -2.32. The van der Waals surface area contributed by atoms with Crippen LogP contribution < -0.4 is 9.46 Å². The fourth-order valence-electron chi connectivity index (χ4n) is 4.25. The number of hydrogen-bond acceptors (Lipinski definition) is 5. The Bertz CT molecular complexity index is 1440. The first-order valence-electron chi connectivity index (χ1n) is 12.2. The Morgan fingerprint density at radius 3 is 2.63 bits per heavy atom. The number of rotatable bonds is 9. The van der Waals surface area contributed by atoms with Crippen molar-refractivity contribution >= 4 is 43.5 Å². The minimum absolute atomic E-state index is 0.0146. The van der Waals surface area contributed by atoms with Gasteiger partial charge in [-0.2, -0.15) is 0 Å². The number of halogens is 2. The summed E-state index contributed by atoms with van der Waals surface area (Å²) in [5, 5.41) is 0.513. The Kier molecular flexibility index (Phi) is 9.15. The maximum Gasteiger partial charge on any atom is 0.255 e. The molecule has 4 rings (SSSR count). The number of benzene rings is 3. The topological polar surface area (TPSA) is 84.9 Å². The highest BCUT2D eigenvalue weighted by molar-refractivity contribution is 9.10.